The average Bonchev–Trinajstić information content (AvgIpc) is 2.26. The third-order valence-electron chi connectivity index (χ3n) is 1.83. The Bertz CT molecular complexity index is 433. The van der Waals surface area contributed by atoms with E-state index >= 15 is 0 Å². The Morgan fingerprint density at radius 1 is 1.44 bits per heavy atom. The van der Waals surface area contributed by atoms with Gasteiger partial charge in [0.15, 0.2) is 6.04 Å². The molecule has 0 aromatic carbocycles. The van der Waals surface area contributed by atoms with Gasteiger partial charge in [0.05, 0.1) is 12.2 Å². The minimum absolute atomic E-state index is 0.110. The number of carbonyl (C=O) groups is 2. The van der Waals surface area contributed by atoms with Gasteiger partial charge in [-0.25, -0.2) is 4.79 Å². The Morgan fingerprint density at radius 2 is 2.12 bits per heavy atom. The first-order valence-electron chi connectivity index (χ1n) is 4.38. The number of rotatable bonds is 4. The minimum atomic E-state index is -1.36. The molecule has 0 saturated heterocycles. The summed E-state index contributed by atoms with van der Waals surface area (Å²) in [4.78, 5) is 34.9. The number of aliphatic hydroxyl groups excluding tert-OH is 1. The van der Waals surface area contributed by atoms with E-state index in [0.29, 0.717) is 0 Å². The van der Waals surface area contributed by atoms with Gasteiger partial charge in [-0.05, 0) is 6.07 Å². The van der Waals surface area contributed by atoms with Crippen LogP contribution in [0.2, 0.25) is 0 Å². The van der Waals surface area contributed by atoms with Crippen LogP contribution < -0.4 is 10.9 Å². The van der Waals surface area contributed by atoms with Crippen LogP contribution in [0.15, 0.2) is 23.1 Å². The van der Waals surface area contributed by atoms with Crippen LogP contribution in [0.1, 0.15) is 10.4 Å². The highest BCUT2D eigenvalue weighted by atomic mass is 16.4. The Hall–Kier alpha value is -2.15. The second kappa shape index (κ2) is 5.08. The molecule has 1 aromatic heterocycles. The van der Waals surface area contributed by atoms with E-state index in [1.165, 1.54) is 6.07 Å². The highest BCUT2D eigenvalue weighted by Crippen LogP contribution is 1.94. The normalized spacial score (nSPS) is 11.8. The summed E-state index contributed by atoms with van der Waals surface area (Å²) < 4.78 is 0. The molecule has 16 heavy (non-hydrogen) atoms. The number of nitrogens with one attached hydrogen (secondary N) is 2. The molecule has 0 saturated carbocycles. The van der Waals surface area contributed by atoms with Crippen LogP contribution in [0.5, 0.6) is 0 Å². The van der Waals surface area contributed by atoms with Gasteiger partial charge in [0.1, 0.15) is 0 Å². The van der Waals surface area contributed by atoms with Crippen molar-refractivity contribution in [3.05, 3.63) is 34.2 Å². The van der Waals surface area contributed by atoms with Crippen molar-refractivity contribution in [3.63, 3.8) is 0 Å². The molecule has 1 amide bonds. The maximum Gasteiger partial charge on any atom is 0.328 e. The molecule has 0 aliphatic carbocycles. The lowest BCUT2D eigenvalue weighted by molar-refractivity contribution is -0.140. The second-order valence-electron chi connectivity index (χ2n) is 2.99. The third kappa shape index (κ3) is 2.92. The highest BCUT2D eigenvalue weighted by molar-refractivity contribution is 5.96. The lowest BCUT2D eigenvalue weighted by Crippen LogP contribution is -2.43. The van der Waals surface area contributed by atoms with Gasteiger partial charge in [0, 0.05) is 12.3 Å². The van der Waals surface area contributed by atoms with E-state index in [1.807, 2.05) is 0 Å². The molecule has 1 atom stereocenters. The lowest BCUT2D eigenvalue weighted by Gasteiger charge is -2.10. The van der Waals surface area contributed by atoms with Crippen LogP contribution >= 0.6 is 0 Å². The van der Waals surface area contributed by atoms with Gasteiger partial charge in [-0.3, -0.25) is 9.59 Å². The molecule has 4 N–H and O–H groups in total. The summed E-state index contributed by atoms with van der Waals surface area (Å²) in [5.41, 5.74) is -0.257. The quantitative estimate of drug-likeness (QED) is 0.500. The summed E-state index contributed by atoms with van der Waals surface area (Å²) in [6, 6.07) is 1.04. The summed E-state index contributed by atoms with van der Waals surface area (Å²) >= 11 is 0. The van der Waals surface area contributed by atoms with Crippen molar-refractivity contribution < 1.29 is 19.8 Å². The predicted octanol–water partition coefficient (Wildman–Crippen LogP) is -1.45. The topological polar surface area (TPSA) is 119 Å². The molecule has 0 bridgehead atoms. The van der Waals surface area contributed by atoms with Gasteiger partial charge >= 0.3 is 5.97 Å². The van der Waals surface area contributed by atoms with Crippen molar-refractivity contribution in [1.82, 2.24) is 10.3 Å². The molecule has 0 spiro atoms. The summed E-state index contributed by atoms with van der Waals surface area (Å²) in [6.45, 7) is -0.704. The summed E-state index contributed by atoms with van der Waals surface area (Å²) in [6.07, 6.45) is 1.16. The van der Waals surface area contributed by atoms with Gasteiger partial charge in [-0.15, -0.1) is 0 Å². The van der Waals surface area contributed by atoms with Gasteiger partial charge in [0.25, 0.3) is 5.91 Å². The number of aliphatic hydroxyl groups is 1. The summed E-state index contributed by atoms with van der Waals surface area (Å²) in [5.74, 6) is -2.02. The Balaban J connectivity index is 2.75. The molecular weight excluding hydrogens is 216 g/mol. The van der Waals surface area contributed by atoms with Gasteiger partial charge in [-0.1, -0.05) is 0 Å². The second-order valence-corrected chi connectivity index (χ2v) is 2.99. The SMILES string of the molecule is O=C(N[C@H](CO)C(=O)O)c1ccc(=O)[nH]c1. The summed E-state index contributed by atoms with van der Waals surface area (Å²) in [7, 11) is 0. The van der Waals surface area contributed by atoms with E-state index in [9.17, 15) is 14.4 Å². The number of carboxylic acid groups (broad SMARTS) is 1. The first-order valence-corrected chi connectivity index (χ1v) is 4.38. The number of aromatic amines is 1. The Labute approximate surface area is 89.7 Å². The van der Waals surface area contributed by atoms with E-state index in [-0.39, 0.29) is 11.1 Å². The lowest BCUT2D eigenvalue weighted by atomic mass is 10.2. The number of hydrogen-bond donors (Lipinski definition) is 4. The zero-order valence-corrected chi connectivity index (χ0v) is 8.14. The number of carboxylic acids is 1. The fraction of sp³-hybridized carbons (Fsp3) is 0.222. The number of carbonyl (C=O) groups excluding carboxylic acids is 1. The van der Waals surface area contributed by atoms with E-state index in [1.54, 1.807) is 0 Å². The molecule has 1 aromatic rings. The van der Waals surface area contributed by atoms with Crippen LogP contribution in [0.4, 0.5) is 0 Å². The van der Waals surface area contributed by atoms with Gasteiger partial charge in [-0.2, -0.15) is 0 Å². The van der Waals surface area contributed by atoms with E-state index < -0.39 is 24.5 Å². The number of H-pyrrole nitrogens is 1. The van der Waals surface area contributed by atoms with E-state index in [4.69, 9.17) is 10.2 Å². The van der Waals surface area contributed by atoms with Crippen LogP contribution in [0.25, 0.3) is 0 Å². The molecule has 0 aliphatic heterocycles. The number of pyridine rings is 1. The van der Waals surface area contributed by atoms with Crippen molar-refractivity contribution in [2.24, 2.45) is 0 Å². The fourth-order valence-electron chi connectivity index (χ4n) is 0.979. The fourth-order valence-corrected chi connectivity index (χ4v) is 0.979. The smallest absolute Gasteiger partial charge is 0.328 e. The largest absolute Gasteiger partial charge is 0.480 e. The average molecular weight is 226 g/mol. The van der Waals surface area contributed by atoms with Crippen molar-refractivity contribution in [2.75, 3.05) is 6.61 Å². The number of hydrogen-bond acceptors (Lipinski definition) is 4. The molecule has 7 nitrogen and oxygen atoms in total. The predicted molar refractivity (Wildman–Crippen MR) is 53.0 cm³/mol. The van der Waals surface area contributed by atoms with Crippen molar-refractivity contribution in [2.45, 2.75) is 6.04 Å². The maximum atomic E-state index is 11.4. The molecule has 7 heteroatoms. The minimum Gasteiger partial charge on any atom is -0.480 e. The van der Waals surface area contributed by atoms with Crippen molar-refractivity contribution in [1.29, 1.82) is 0 Å². The summed E-state index contributed by atoms with van der Waals surface area (Å²) in [5, 5.41) is 19.4. The van der Waals surface area contributed by atoms with Gasteiger partial charge < -0.3 is 20.5 Å². The maximum absolute atomic E-state index is 11.4. The molecule has 0 unspecified atom stereocenters. The zero-order valence-electron chi connectivity index (χ0n) is 8.14. The van der Waals surface area contributed by atoms with Gasteiger partial charge in [0.2, 0.25) is 5.56 Å². The molecule has 1 heterocycles. The molecule has 0 fully saturated rings. The first kappa shape index (κ1) is 11.9. The van der Waals surface area contributed by atoms with Crippen molar-refractivity contribution >= 4 is 11.9 Å². The molecule has 86 valence electrons. The Morgan fingerprint density at radius 3 is 2.56 bits per heavy atom. The third-order valence-corrected chi connectivity index (χ3v) is 1.83. The van der Waals surface area contributed by atoms with E-state index in [2.05, 4.69) is 10.3 Å². The Kier molecular flexibility index (Phi) is 3.78. The number of aliphatic carboxylic acids is 1. The van der Waals surface area contributed by atoms with Crippen LogP contribution in [-0.2, 0) is 4.79 Å². The van der Waals surface area contributed by atoms with Crippen molar-refractivity contribution in [3.8, 4) is 0 Å². The molecule has 0 aliphatic rings. The monoisotopic (exact) mass is 226 g/mol. The molecule has 1 rings (SSSR count). The number of aromatic nitrogens is 1. The van der Waals surface area contributed by atoms with Crippen LogP contribution in [-0.4, -0.2) is 39.7 Å². The highest BCUT2D eigenvalue weighted by Gasteiger charge is 2.19. The standard InChI is InChI=1S/C9H10N2O5/c12-4-6(9(15)16)11-8(14)5-1-2-7(13)10-3-5/h1-3,6,12H,4H2,(H,10,13)(H,11,14)(H,15,16)/t6-/m1/s1. The first-order chi connectivity index (χ1) is 7.54. The zero-order chi connectivity index (χ0) is 12.1. The van der Waals surface area contributed by atoms with Crippen LogP contribution in [0, 0.1) is 0 Å². The van der Waals surface area contributed by atoms with E-state index in [0.717, 1.165) is 12.3 Å². The number of amides is 1. The van der Waals surface area contributed by atoms with Crippen LogP contribution in [0.3, 0.4) is 0 Å². The molecule has 0 radical (unpaired) electrons. The molecular formula is C9H10N2O5.